The molecule has 1 saturated heterocycles. The van der Waals surface area contributed by atoms with Gasteiger partial charge in [-0.3, -0.25) is 10.1 Å². The van der Waals surface area contributed by atoms with Crippen molar-refractivity contribution < 1.29 is 9.59 Å². The monoisotopic (exact) mass is 258 g/mol. The predicted molar refractivity (Wildman–Crippen MR) is 68.7 cm³/mol. The van der Waals surface area contributed by atoms with E-state index in [1.807, 2.05) is 6.92 Å². The maximum absolute atomic E-state index is 11.7. The molecule has 17 heavy (non-hydrogen) atoms. The van der Waals surface area contributed by atoms with Gasteiger partial charge in [-0.05, 0) is 6.42 Å². The quantitative estimate of drug-likeness (QED) is 0.279. The van der Waals surface area contributed by atoms with Gasteiger partial charge in [-0.2, -0.15) is 11.8 Å². The maximum Gasteiger partial charge on any atom is 0.322 e. The zero-order valence-corrected chi connectivity index (χ0v) is 10.7. The van der Waals surface area contributed by atoms with Crippen molar-refractivity contribution in [2.24, 2.45) is 0 Å². The Morgan fingerprint density at radius 2 is 2.29 bits per heavy atom. The highest BCUT2D eigenvalue weighted by Gasteiger charge is 2.44. The van der Waals surface area contributed by atoms with E-state index in [-0.39, 0.29) is 5.91 Å². The summed E-state index contributed by atoms with van der Waals surface area (Å²) in [5.41, 5.74) is -0.747. The van der Waals surface area contributed by atoms with Crippen molar-refractivity contribution in [2.75, 3.05) is 24.6 Å². The van der Waals surface area contributed by atoms with E-state index in [9.17, 15) is 9.59 Å². The van der Waals surface area contributed by atoms with Crippen molar-refractivity contribution in [2.45, 2.75) is 18.9 Å². The Morgan fingerprint density at radius 3 is 2.82 bits per heavy atom. The molecule has 0 bridgehead atoms. The molecular formula is C10H18N4O2S. The number of nitrogens with one attached hydrogen (secondary N) is 4. The van der Waals surface area contributed by atoms with Crippen LogP contribution >= 0.6 is 11.8 Å². The van der Waals surface area contributed by atoms with Crippen LogP contribution in [0.4, 0.5) is 4.79 Å². The Labute approximate surface area is 105 Å². The van der Waals surface area contributed by atoms with E-state index in [1.54, 1.807) is 11.8 Å². The van der Waals surface area contributed by atoms with Crippen LogP contribution in [0.2, 0.25) is 0 Å². The summed E-state index contributed by atoms with van der Waals surface area (Å²) in [5, 5.41) is 14.9. The number of urea groups is 1. The Kier molecular flexibility index (Phi) is 5.43. The molecule has 0 aliphatic carbocycles. The Balaban J connectivity index is 2.30. The molecule has 3 amide bonds. The first-order chi connectivity index (χ1) is 8.14. The van der Waals surface area contributed by atoms with Crippen LogP contribution in [0.15, 0.2) is 0 Å². The summed E-state index contributed by atoms with van der Waals surface area (Å²) in [6, 6.07) is -0.403. The van der Waals surface area contributed by atoms with Crippen LogP contribution < -0.4 is 16.0 Å². The number of carbonyl (C=O) groups excluding carboxylic acids is 2. The van der Waals surface area contributed by atoms with Crippen molar-refractivity contribution in [3.63, 3.8) is 0 Å². The fraction of sp³-hybridized carbons (Fsp3) is 0.700. The summed E-state index contributed by atoms with van der Waals surface area (Å²) in [4.78, 5) is 22.8. The second kappa shape index (κ2) is 6.61. The van der Waals surface area contributed by atoms with Gasteiger partial charge in [-0.1, -0.05) is 6.92 Å². The van der Waals surface area contributed by atoms with E-state index < -0.39 is 11.6 Å². The standard InChI is InChI=1S/C10H18N4O2S/c1-2-10(8(15)13-9(16)14-10)7-17-6-5-12-4-3-11/h3,11-12H,2,4-7H2,1H3,(H2,13,14,15,16)/t10-/m0/s1. The minimum absolute atomic E-state index is 0.232. The van der Waals surface area contributed by atoms with Gasteiger partial charge < -0.3 is 16.0 Å². The van der Waals surface area contributed by atoms with E-state index in [0.717, 1.165) is 12.3 Å². The molecule has 0 spiro atoms. The van der Waals surface area contributed by atoms with Gasteiger partial charge in [-0.25, -0.2) is 4.79 Å². The highest BCUT2D eigenvalue weighted by atomic mass is 32.2. The fourth-order valence-corrected chi connectivity index (χ4v) is 2.73. The first-order valence-electron chi connectivity index (χ1n) is 5.55. The van der Waals surface area contributed by atoms with Crippen molar-refractivity contribution in [1.82, 2.24) is 16.0 Å². The summed E-state index contributed by atoms with van der Waals surface area (Å²) in [7, 11) is 0. The molecule has 0 radical (unpaired) electrons. The Morgan fingerprint density at radius 1 is 1.53 bits per heavy atom. The highest BCUT2D eigenvalue weighted by molar-refractivity contribution is 7.99. The smallest absolute Gasteiger partial charge is 0.322 e. The van der Waals surface area contributed by atoms with Crippen LogP contribution in [-0.4, -0.2) is 48.3 Å². The molecule has 1 fully saturated rings. The number of carbonyl (C=O) groups is 2. The van der Waals surface area contributed by atoms with Gasteiger partial charge in [0.15, 0.2) is 0 Å². The molecule has 1 heterocycles. The average molecular weight is 258 g/mol. The second-order valence-electron chi connectivity index (χ2n) is 3.80. The lowest BCUT2D eigenvalue weighted by atomic mass is 10.00. The van der Waals surface area contributed by atoms with Gasteiger partial charge in [-0.15, -0.1) is 0 Å². The zero-order valence-electron chi connectivity index (χ0n) is 9.84. The topological polar surface area (TPSA) is 94.1 Å². The van der Waals surface area contributed by atoms with Gasteiger partial charge in [0.2, 0.25) is 0 Å². The normalized spacial score (nSPS) is 23.4. The van der Waals surface area contributed by atoms with Gasteiger partial charge >= 0.3 is 6.03 Å². The van der Waals surface area contributed by atoms with E-state index in [1.165, 1.54) is 6.21 Å². The van der Waals surface area contributed by atoms with Gasteiger partial charge in [0.05, 0.1) is 0 Å². The number of hydrogen-bond donors (Lipinski definition) is 4. The summed E-state index contributed by atoms with van der Waals surface area (Å²) in [5.74, 6) is 1.19. The van der Waals surface area contributed by atoms with Crippen molar-refractivity contribution in [3.8, 4) is 0 Å². The van der Waals surface area contributed by atoms with Crippen LogP contribution in [0.3, 0.4) is 0 Å². The van der Waals surface area contributed by atoms with E-state index >= 15 is 0 Å². The third kappa shape index (κ3) is 3.71. The minimum Gasteiger partial charge on any atom is -0.322 e. The lowest BCUT2D eigenvalue weighted by Gasteiger charge is -2.23. The van der Waals surface area contributed by atoms with Crippen LogP contribution in [0.1, 0.15) is 13.3 Å². The maximum atomic E-state index is 11.7. The molecule has 0 saturated carbocycles. The Hall–Kier alpha value is -1.08. The SMILES string of the molecule is CC[C@@]1(CSCCNCC=N)NC(=O)NC1=O. The van der Waals surface area contributed by atoms with E-state index in [0.29, 0.717) is 18.7 Å². The van der Waals surface area contributed by atoms with Crippen LogP contribution in [0.5, 0.6) is 0 Å². The summed E-state index contributed by atoms with van der Waals surface area (Å²) < 4.78 is 0. The van der Waals surface area contributed by atoms with E-state index in [4.69, 9.17) is 5.41 Å². The molecule has 96 valence electrons. The third-order valence-electron chi connectivity index (χ3n) is 2.64. The van der Waals surface area contributed by atoms with Gasteiger partial charge in [0, 0.05) is 30.8 Å². The molecule has 0 aromatic rings. The summed E-state index contributed by atoms with van der Waals surface area (Å²) >= 11 is 1.62. The molecule has 0 unspecified atom stereocenters. The molecule has 6 nitrogen and oxygen atoms in total. The summed E-state index contributed by atoms with van der Waals surface area (Å²) in [6.45, 7) is 3.24. The number of hydrogen-bond acceptors (Lipinski definition) is 5. The zero-order chi connectivity index (χ0) is 12.7. The van der Waals surface area contributed by atoms with Crippen LogP contribution in [0, 0.1) is 5.41 Å². The Bertz CT molecular complexity index is 311. The summed E-state index contributed by atoms with van der Waals surface area (Å²) in [6.07, 6.45) is 1.90. The molecule has 1 atom stereocenters. The van der Waals surface area contributed by atoms with Gasteiger partial charge in [0.25, 0.3) is 5.91 Å². The second-order valence-corrected chi connectivity index (χ2v) is 4.91. The molecule has 1 rings (SSSR count). The predicted octanol–water partition coefficient (Wildman–Crippen LogP) is -0.0530. The first-order valence-corrected chi connectivity index (χ1v) is 6.71. The fourth-order valence-electron chi connectivity index (χ4n) is 1.55. The molecule has 1 aliphatic rings. The van der Waals surface area contributed by atoms with Crippen LogP contribution in [-0.2, 0) is 4.79 Å². The molecular weight excluding hydrogens is 240 g/mol. The molecule has 0 aromatic heterocycles. The lowest BCUT2D eigenvalue weighted by molar-refractivity contribution is -0.123. The minimum atomic E-state index is -0.747. The number of amides is 3. The number of imide groups is 1. The highest BCUT2D eigenvalue weighted by Crippen LogP contribution is 2.20. The molecule has 4 N–H and O–H groups in total. The third-order valence-corrected chi connectivity index (χ3v) is 3.83. The molecule has 0 aromatic carbocycles. The van der Waals surface area contributed by atoms with Crippen molar-refractivity contribution in [1.29, 1.82) is 5.41 Å². The van der Waals surface area contributed by atoms with Crippen LogP contribution in [0.25, 0.3) is 0 Å². The molecule has 7 heteroatoms. The van der Waals surface area contributed by atoms with Gasteiger partial charge in [0.1, 0.15) is 5.54 Å². The largest absolute Gasteiger partial charge is 0.322 e. The first kappa shape index (κ1) is 14.0. The lowest BCUT2D eigenvalue weighted by Crippen LogP contribution is -2.48. The number of thioether (sulfide) groups is 1. The van der Waals surface area contributed by atoms with Crippen molar-refractivity contribution in [3.05, 3.63) is 0 Å². The number of rotatable bonds is 8. The molecule has 1 aliphatic heterocycles. The average Bonchev–Trinajstić information content (AvgIpc) is 2.59. The van der Waals surface area contributed by atoms with E-state index in [2.05, 4.69) is 16.0 Å². The van der Waals surface area contributed by atoms with Crippen molar-refractivity contribution >= 4 is 29.9 Å².